The third-order valence-corrected chi connectivity index (χ3v) is 4.26. The van der Waals surface area contributed by atoms with Crippen LogP contribution in [0.2, 0.25) is 0 Å². The van der Waals surface area contributed by atoms with Gasteiger partial charge in [-0.3, -0.25) is 25.7 Å². The smallest absolute Gasteiger partial charge is 0.272 e. The number of nitrogens with zero attached hydrogens (tertiary/aromatic N) is 3. The number of nitrogens with one attached hydrogen (secondary N) is 1. The van der Waals surface area contributed by atoms with Crippen LogP contribution in [0.15, 0.2) is 46.6 Å². The Morgan fingerprint density at radius 3 is 2.32 bits per heavy atom. The maximum absolute atomic E-state index is 11.1. The maximum Gasteiger partial charge on any atom is 0.301 e. The molecule has 1 rings (SSSR count). The van der Waals surface area contributed by atoms with Crippen molar-refractivity contribution < 1.29 is 9.85 Å². The number of hydrogen-bond acceptors (Lipinski definition) is 6. The fourth-order valence-corrected chi connectivity index (χ4v) is 2.84. The summed E-state index contributed by atoms with van der Waals surface area (Å²) in [6.45, 7) is 10.8. The van der Waals surface area contributed by atoms with Crippen LogP contribution in [0.4, 0.5) is 17.1 Å². The van der Waals surface area contributed by atoms with Crippen molar-refractivity contribution in [2.75, 3.05) is 5.43 Å². The molecule has 1 aromatic rings. The second kappa shape index (κ2) is 11.0. The average Bonchev–Trinajstić information content (AvgIpc) is 2.61. The maximum atomic E-state index is 11.1. The van der Waals surface area contributed by atoms with Crippen molar-refractivity contribution in [1.82, 2.24) is 0 Å². The number of rotatable bonds is 10. The van der Waals surface area contributed by atoms with Gasteiger partial charge in [0.1, 0.15) is 5.69 Å². The minimum atomic E-state index is -0.681. The summed E-state index contributed by atoms with van der Waals surface area (Å²) in [6.07, 6.45) is 7.50. The zero-order chi connectivity index (χ0) is 21.3. The first kappa shape index (κ1) is 23.0. The zero-order valence-electron chi connectivity index (χ0n) is 17.0. The zero-order valence-corrected chi connectivity index (χ0v) is 17.0. The molecule has 1 N–H and O–H groups in total. The summed E-state index contributed by atoms with van der Waals surface area (Å²) < 4.78 is 0. The number of benzene rings is 1. The highest BCUT2D eigenvalue weighted by molar-refractivity contribution is 5.74. The summed E-state index contributed by atoms with van der Waals surface area (Å²) in [5, 5.41) is 25.8. The Morgan fingerprint density at radius 1 is 1.14 bits per heavy atom. The Bertz CT molecular complexity index is 785. The van der Waals surface area contributed by atoms with Crippen molar-refractivity contribution in [3.8, 4) is 0 Å². The lowest BCUT2D eigenvalue weighted by molar-refractivity contribution is -0.393. The number of hydrogen-bond donors (Lipinski definition) is 1. The van der Waals surface area contributed by atoms with E-state index in [-0.39, 0.29) is 11.4 Å². The molecule has 0 spiro atoms. The van der Waals surface area contributed by atoms with Gasteiger partial charge in [-0.25, -0.2) is 0 Å². The molecular formula is C20H28N4O4. The number of hydrazone groups is 1. The highest BCUT2D eigenvalue weighted by Crippen LogP contribution is 2.28. The van der Waals surface area contributed by atoms with E-state index in [9.17, 15) is 20.2 Å². The van der Waals surface area contributed by atoms with Gasteiger partial charge in [0.15, 0.2) is 0 Å². The molecule has 0 aliphatic carbocycles. The van der Waals surface area contributed by atoms with Crippen LogP contribution < -0.4 is 5.43 Å². The van der Waals surface area contributed by atoms with Gasteiger partial charge in [-0.2, -0.15) is 5.10 Å². The van der Waals surface area contributed by atoms with Gasteiger partial charge in [0.05, 0.1) is 15.9 Å². The van der Waals surface area contributed by atoms with Gasteiger partial charge in [-0.05, 0) is 43.7 Å². The van der Waals surface area contributed by atoms with E-state index in [4.69, 9.17) is 0 Å². The van der Waals surface area contributed by atoms with Gasteiger partial charge in [-0.15, -0.1) is 0 Å². The second-order valence-electron chi connectivity index (χ2n) is 7.17. The second-order valence-corrected chi connectivity index (χ2v) is 7.17. The van der Waals surface area contributed by atoms with E-state index in [1.807, 2.05) is 13.0 Å². The molecule has 0 saturated heterocycles. The van der Waals surface area contributed by atoms with Crippen LogP contribution in [0, 0.1) is 32.1 Å². The number of non-ortho nitro benzene ring substituents is 1. The molecule has 0 aromatic heterocycles. The van der Waals surface area contributed by atoms with Gasteiger partial charge >= 0.3 is 5.69 Å². The Morgan fingerprint density at radius 2 is 1.79 bits per heavy atom. The molecule has 0 bridgehead atoms. The van der Waals surface area contributed by atoms with Gasteiger partial charge in [-0.1, -0.05) is 44.9 Å². The van der Waals surface area contributed by atoms with Crippen LogP contribution in [0.5, 0.6) is 0 Å². The lowest BCUT2D eigenvalue weighted by Crippen LogP contribution is -2.02. The number of allylic oxidation sites excluding steroid dienone is 4. The molecule has 1 aromatic carbocycles. The molecule has 0 amide bonds. The first-order valence-electron chi connectivity index (χ1n) is 9.21. The quantitative estimate of drug-likeness (QED) is 0.233. The Hall–Kier alpha value is -3.03. The van der Waals surface area contributed by atoms with E-state index in [0.29, 0.717) is 11.8 Å². The molecule has 0 saturated carbocycles. The van der Waals surface area contributed by atoms with Crippen molar-refractivity contribution in [3.63, 3.8) is 0 Å². The first-order valence-corrected chi connectivity index (χ1v) is 9.21. The highest BCUT2D eigenvalue weighted by atomic mass is 16.6. The summed E-state index contributed by atoms with van der Waals surface area (Å²) in [5.41, 5.74) is 4.51. The van der Waals surface area contributed by atoms with Gasteiger partial charge in [0.2, 0.25) is 0 Å². The summed E-state index contributed by atoms with van der Waals surface area (Å²) in [5.74, 6) is 1.07. The minimum Gasteiger partial charge on any atom is -0.272 e. The third-order valence-electron chi connectivity index (χ3n) is 4.26. The van der Waals surface area contributed by atoms with Crippen LogP contribution in [0.1, 0.15) is 47.5 Å². The van der Waals surface area contributed by atoms with Crippen molar-refractivity contribution >= 4 is 23.3 Å². The van der Waals surface area contributed by atoms with Crippen LogP contribution in [0.25, 0.3) is 0 Å². The van der Waals surface area contributed by atoms with E-state index in [2.05, 4.69) is 44.3 Å². The summed E-state index contributed by atoms with van der Waals surface area (Å²) in [6, 6.07) is 3.37. The van der Waals surface area contributed by atoms with E-state index in [0.717, 1.165) is 24.5 Å². The molecule has 0 unspecified atom stereocenters. The lowest BCUT2D eigenvalue weighted by Gasteiger charge is -2.15. The molecule has 0 radical (unpaired) electrons. The van der Waals surface area contributed by atoms with Gasteiger partial charge < -0.3 is 0 Å². The largest absolute Gasteiger partial charge is 0.301 e. The molecule has 0 heterocycles. The standard InChI is InChI=1S/C20H28N4O4/c1-14(2)18(15(3)4)8-6-7-16(5)11-12-21-22-19-10-9-17(23(25)26)13-20(19)24(27)28/h8-15,22H,6-7H2,1-5H3. The topological polar surface area (TPSA) is 111 Å². The van der Waals surface area contributed by atoms with Crippen molar-refractivity contribution in [3.05, 3.63) is 61.7 Å². The third kappa shape index (κ3) is 7.30. The van der Waals surface area contributed by atoms with Crippen LogP contribution >= 0.6 is 0 Å². The number of anilines is 1. The highest BCUT2D eigenvalue weighted by Gasteiger charge is 2.18. The molecule has 0 aliphatic heterocycles. The minimum absolute atomic E-state index is 0.0966. The predicted molar refractivity (Wildman–Crippen MR) is 113 cm³/mol. The Labute approximate surface area is 165 Å². The molecule has 8 nitrogen and oxygen atoms in total. The van der Waals surface area contributed by atoms with Gasteiger partial charge in [0, 0.05) is 12.3 Å². The van der Waals surface area contributed by atoms with Crippen molar-refractivity contribution in [2.45, 2.75) is 47.5 Å². The van der Waals surface area contributed by atoms with Crippen LogP contribution in [-0.2, 0) is 0 Å². The van der Waals surface area contributed by atoms with E-state index in [1.165, 1.54) is 23.9 Å². The fraction of sp³-hybridized carbons (Fsp3) is 0.450. The summed E-state index contributed by atoms with van der Waals surface area (Å²) in [4.78, 5) is 20.5. The monoisotopic (exact) mass is 388 g/mol. The molecule has 0 atom stereocenters. The number of nitro groups is 2. The van der Waals surface area contributed by atoms with Crippen molar-refractivity contribution in [2.24, 2.45) is 16.9 Å². The SMILES string of the molecule is CC(=CC=NNc1ccc([N+](=O)[O-])cc1[N+](=O)[O-])CCC=C(C(C)C)C(C)C. The number of nitro benzene ring substituents is 2. The normalized spacial score (nSPS) is 11.9. The molecule has 0 aliphatic rings. The lowest BCUT2D eigenvalue weighted by atomic mass is 9.91. The van der Waals surface area contributed by atoms with E-state index >= 15 is 0 Å². The predicted octanol–water partition coefficient (Wildman–Crippen LogP) is 5.87. The van der Waals surface area contributed by atoms with Crippen molar-refractivity contribution in [1.29, 1.82) is 0 Å². The summed E-state index contributed by atoms with van der Waals surface area (Å²) >= 11 is 0. The first-order chi connectivity index (χ1) is 13.1. The van der Waals surface area contributed by atoms with Crippen LogP contribution in [-0.4, -0.2) is 16.1 Å². The Kier molecular flexibility index (Phi) is 9.01. The fourth-order valence-electron chi connectivity index (χ4n) is 2.84. The average molecular weight is 388 g/mol. The van der Waals surface area contributed by atoms with Gasteiger partial charge in [0.25, 0.3) is 5.69 Å². The molecule has 8 heteroatoms. The van der Waals surface area contributed by atoms with Crippen LogP contribution in [0.3, 0.4) is 0 Å². The Balaban J connectivity index is 2.71. The van der Waals surface area contributed by atoms with E-state index < -0.39 is 15.5 Å². The summed E-state index contributed by atoms with van der Waals surface area (Å²) in [7, 11) is 0. The molecule has 28 heavy (non-hydrogen) atoms. The molecule has 0 fully saturated rings. The van der Waals surface area contributed by atoms with E-state index in [1.54, 1.807) is 0 Å². The molecular weight excluding hydrogens is 360 g/mol. The molecule has 152 valence electrons.